The van der Waals surface area contributed by atoms with Gasteiger partial charge in [-0.1, -0.05) is 0 Å². The average Bonchev–Trinajstić information content (AvgIpc) is 3.16. The van der Waals surface area contributed by atoms with Crippen molar-refractivity contribution in [2.75, 3.05) is 38.4 Å². The van der Waals surface area contributed by atoms with Crippen LogP contribution in [0, 0.1) is 0 Å². The number of ether oxygens (including phenoxy) is 3. The lowest BCUT2D eigenvalue weighted by atomic mass is 10.0. The summed E-state index contributed by atoms with van der Waals surface area (Å²) in [5, 5.41) is 3.33. The molecule has 8 nitrogen and oxygen atoms in total. The molecule has 0 atom stereocenters. The van der Waals surface area contributed by atoms with Gasteiger partial charge in [0, 0.05) is 28.5 Å². The summed E-state index contributed by atoms with van der Waals surface area (Å²) >= 11 is 2.87. The number of methoxy groups -OCH3 is 2. The van der Waals surface area contributed by atoms with E-state index < -0.39 is 5.97 Å². The zero-order valence-electron chi connectivity index (χ0n) is 18.3. The van der Waals surface area contributed by atoms with Crippen LogP contribution in [0.5, 0.6) is 5.75 Å². The number of carbonyl (C=O) groups excluding carboxylic acids is 3. The highest BCUT2D eigenvalue weighted by Gasteiger charge is 2.31. The highest BCUT2D eigenvalue weighted by atomic mass is 32.2. The quantitative estimate of drug-likeness (QED) is 0.449. The first-order chi connectivity index (χ1) is 15.5. The maximum absolute atomic E-state index is 12.6. The second-order valence-electron chi connectivity index (χ2n) is 6.89. The largest absolute Gasteiger partial charge is 0.497 e. The number of fused-ring (bicyclic) bond motifs is 1. The van der Waals surface area contributed by atoms with Crippen LogP contribution in [0.15, 0.2) is 29.2 Å². The number of hydrogen-bond donors (Lipinski definition) is 1. The number of nitrogens with one attached hydrogen (secondary N) is 1. The second kappa shape index (κ2) is 11.2. The van der Waals surface area contributed by atoms with Gasteiger partial charge in [-0.15, -0.1) is 23.1 Å². The molecule has 2 amide bonds. The molecule has 172 valence electrons. The van der Waals surface area contributed by atoms with Crippen molar-refractivity contribution >= 4 is 46.1 Å². The fourth-order valence-corrected chi connectivity index (χ4v) is 5.42. The number of thiophene rings is 1. The predicted molar refractivity (Wildman–Crippen MR) is 124 cm³/mol. The summed E-state index contributed by atoms with van der Waals surface area (Å²) in [4.78, 5) is 40.6. The summed E-state index contributed by atoms with van der Waals surface area (Å²) < 4.78 is 15.2. The first kappa shape index (κ1) is 23.9. The lowest BCUT2D eigenvalue weighted by Gasteiger charge is -2.26. The fourth-order valence-electron chi connectivity index (χ4n) is 3.30. The van der Waals surface area contributed by atoms with Gasteiger partial charge in [0.25, 0.3) is 0 Å². The normalized spacial score (nSPS) is 12.7. The number of hydrogen-bond acceptors (Lipinski definition) is 8. The van der Waals surface area contributed by atoms with Crippen LogP contribution in [0.1, 0.15) is 34.1 Å². The van der Waals surface area contributed by atoms with Crippen molar-refractivity contribution in [1.29, 1.82) is 0 Å². The maximum atomic E-state index is 12.6. The Kier molecular flexibility index (Phi) is 8.40. The molecule has 0 unspecified atom stereocenters. The second-order valence-corrected chi connectivity index (χ2v) is 9.17. The number of nitrogens with zero attached hydrogens (tertiary/aromatic N) is 1. The minimum atomic E-state index is -0.491. The number of thioether (sulfide) groups is 1. The van der Waals surface area contributed by atoms with E-state index in [4.69, 9.17) is 14.2 Å². The van der Waals surface area contributed by atoms with Crippen molar-refractivity contribution in [3.05, 3.63) is 40.3 Å². The number of anilines is 1. The molecule has 0 bridgehead atoms. The molecule has 32 heavy (non-hydrogen) atoms. The van der Waals surface area contributed by atoms with Crippen molar-refractivity contribution in [2.45, 2.75) is 31.2 Å². The summed E-state index contributed by atoms with van der Waals surface area (Å²) in [7, 11) is 2.93. The Balaban J connectivity index is 1.65. The van der Waals surface area contributed by atoms with E-state index in [1.165, 1.54) is 18.4 Å². The molecular formula is C22H26N2O6S2. The van der Waals surface area contributed by atoms with Crippen molar-refractivity contribution in [3.63, 3.8) is 0 Å². The molecule has 0 fully saturated rings. The number of benzene rings is 1. The SMILES string of the molecule is CCOC(=O)N1CCc2c(sc(NC(=O)CCSc3ccc(OC)cc3)c2C(=O)OC)C1. The standard InChI is InChI=1S/C22H26N2O6S2/c1-4-30-22(27)24-11-9-16-17(13-24)32-20(19(16)21(26)29-3)23-18(25)10-12-31-15-7-5-14(28-2)6-8-15/h5-8H,4,9-13H2,1-3H3,(H,23,25). The van der Waals surface area contributed by atoms with Crippen molar-refractivity contribution in [1.82, 2.24) is 4.90 Å². The van der Waals surface area contributed by atoms with E-state index in [-0.39, 0.29) is 18.4 Å². The predicted octanol–water partition coefficient (Wildman–Crippen LogP) is 4.18. The van der Waals surface area contributed by atoms with Gasteiger partial charge in [-0.3, -0.25) is 4.79 Å². The smallest absolute Gasteiger partial charge is 0.410 e. The Morgan fingerprint density at radius 1 is 1.19 bits per heavy atom. The Labute approximate surface area is 195 Å². The molecular weight excluding hydrogens is 452 g/mol. The first-order valence-corrected chi connectivity index (χ1v) is 12.0. The molecule has 2 heterocycles. The number of esters is 1. The van der Waals surface area contributed by atoms with E-state index in [1.54, 1.807) is 30.7 Å². The van der Waals surface area contributed by atoms with E-state index in [9.17, 15) is 14.4 Å². The number of amides is 2. The van der Waals surface area contributed by atoms with Crippen LogP contribution in [0.3, 0.4) is 0 Å². The van der Waals surface area contributed by atoms with Gasteiger partial charge in [0.2, 0.25) is 5.91 Å². The Morgan fingerprint density at radius 2 is 1.94 bits per heavy atom. The zero-order chi connectivity index (χ0) is 23.1. The van der Waals surface area contributed by atoms with E-state index in [0.29, 0.717) is 42.4 Å². The molecule has 1 aliphatic heterocycles. The Hall–Kier alpha value is -2.72. The van der Waals surface area contributed by atoms with E-state index >= 15 is 0 Å². The van der Waals surface area contributed by atoms with Crippen LogP contribution < -0.4 is 10.1 Å². The van der Waals surface area contributed by atoms with Crippen molar-refractivity contribution < 1.29 is 28.6 Å². The van der Waals surface area contributed by atoms with Crippen LogP contribution in [0.25, 0.3) is 0 Å². The van der Waals surface area contributed by atoms with Gasteiger partial charge in [0.1, 0.15) is 10.8 Å². The van der Waals surface area contributed by atoms with Crippen LogP contribution in [0.4, 0.5) is 9.80 Å². The highest BCUT2D eigenvalue weighted by molar-refractivity contribution is 7.99. The third-order valence-electron chi connectivity index (χ3n) is 4.88. The molecule has 1 aromatic carbocycles. The van der Waals surface area contributed by atoms with Crippen LogP contribution in [-0.4, -0.2) is 56.0 Å². The van der Waals surface area contributed by atoms with Gasteiger partial charge < -0.3 is 24.4 Å². The summed E-state index contributed by atoms with van der Waals surface area (Å²) in [6, 6.07) is 7.64. The molecule has 1 aromatic heterocycles. The minimum absolute atomic E-state index is 0.183. The van der Waals surface area contributed by atoms with Gasteiger partial charge in [-0.25, -0.2) is 9.59 Å². The molecule has 0 aliphatic carbocycles. The van der Waals surface area contributed by atoms with Gasteiger partial charge >= 0.3 is 12.1 Å². The highest BCUT2D eigenvalue weighted by Crippen LogP contribution is 2.38. The van der Waals surface area contributed by atoms with Crippen LogP contribution >= 0.6 is 23.1 Å². The van der Waals surface area contributed by atoms with Gasteiger partial charge in [0.15, 0.2) is 0 Å². The van der Waals surface area contributed by atoms with E-state index in [0.717, 1.165) is 21.1 Å². The van der Waals surface area contributed by atoms with Gasteiger partial charge in [-0.05, 0) is 43.2 Å². The lowest BCUT2D eigenvalue weighted by molar-refractivity contribution is -0.115. The third-order valence-corrected chi connectivity index (χ3v) is 7.03. The summed E-state index contributed by atoms with van der Waals surface area (Å²) in [6.45, 7) is 2.84. The molecule has 0 radical (unpaired) electrons. The van der Waals surface area contributed by atoms with E-state index in [1.807, 2.05) is 24.3 Å². The summed E-state index contributed by atoms with van der Waals surface area (Å²) in [5.74, 6) is 0.700. The molecule has 0 saturated carbocycles. The van der Waals surface area contributed by atoms with Gasteiger partial charge in [0.05, 0.1) is 32.9 Å². The Bertz CT molecular complexity index is 974. The number of rotatable bonds is 8. The summed E-state index contributed by atoms with van der Waals surface area (Å²) in [5.41, 5.74) is 1.21. The third kappa shape index (κ3) is 5.74. The van der Waals surface area contributed by atoms with Crippen molar-refractivity contribution in [3.8, 4) is 5.75 Å². The molecule has 2 aromatic rings. The zero-order valence-corrected chi connectivity index (χ0v) is 19.9. The molecule has 0 spiro atoms. The molecule has 1 N–H and O–H groups in total. The minimum Gasteiger partial charge on any atom is -0.497 e. The molecule has 1 aliphatic rings. The number of carbonyl (C=O) groups is 3. The molecule has 0 saturated heterocycles. The Morgan fingerprint density at radius 3 is 2.59 bits per heavy atom. The fraction of sp³-hybridized carbons (Fsp3) is 0.409. The van der Waals surface area contributed by atoms with Crippen LogP contribution in [0.2, 0.25) is 0 Å². The first-order valence-electron chi connectivity index (χ1n) is 10.2. The topological polar surface area (TPSA) is 94.2 Å². The molecule has 3 rings (SSSR count). The van der Waals surface area contributed by atoms with Crippen molar-refractivity contribution in [2.24, 2.45) is 0 Å². The van der Waals surface area contributed by atoms with Crippen LogP contribution in [-0.2, 0) is 27.2 Å². The van der Waals surface area contributed by atoms with E-state index in [2.05, 4.69) is 5.32 Å². The van der Waals surface area contributed by atoms with Gasteiger partial charge in [-0.2, -0.15) is 0 Å². The lowest BCUT2D eigenvalue weighted by Crippen LogP contribution is -2.36. The average molecular weight is 479 g/mol. The summed E-state index contributed by atoms with van der Waals surface area (Å²) in [6.07, 6.45) is 0.403. The maximum Gasteiger partial charge on any atom is 0.410 e. The molecule has 10 heteroatoms. The monoisotopic (exact) mass is 478 g/mol.